The molecule has 0 radical (unpaired) electrons. The average Bonchev–Trinajstić information content (AvgIpc) is 2.86. The first-order chi connectivity index (χ1) is 9.40. The van der Waals surface area contributed by atoms with Crippen molar-refractivity contribution in [3.63, 3.8) is 0 Å². The summed E-state index contributed by atoms with van der Waals surface area (Å²) < 4.78 is 27.2. The van der Waals surface area contributed by atoms with E-state index in [1.54, 1.807) is 37.3 Å². The molecule has 0 saturated heterocycles. The second-order valence-corrected chi connectivity index (χ2v) is 7.77. The van der Waals surface area contributed by atoms with Crippen LogP contribution in [0.4, 0.5) is 0 Å². The van der Waals surface area contributed by atoms with Gasteiger partial charge >= 0.3 is 0 Å². The van der Waals surface area contributed by atoms with Crippen LogP contribution in [0.3, 0.4) is 0 Å². The molecule has 1 heterocycles. The van der Waals surface area contributed by atoms with E-state index in [-0.39, 0.29) is 0 Å². The van der Waals surface area contributed by atoms with Crippen molar-refractivity contribution in [2.75, 3.05) is 6.54 Å². The third-order valence-electron chi connectivity index (χ3n) is 2.99. The predicted octanol–water partition coefficient (Wildman–Crippen LogP) is 3.54. The Morgan fingerprint density at radius 1 is 1.25 bits per heavy atom. The molecule has 0 aliphatic rings. The van der Waals surface area contributed by atoms with Crippen LogP contribution in [-0.2, 0) is 16.4 Å². The van der Waals surface area contributed by atoms with E-state index in [4.69, 9.17) is 11.6 Å². The monoisotopic (exact) mass is 329 g/mol. The Morgan fingerprint density at radius 2 is 2.00 bits per heavy atom. The van der Waals surface area contributed by atoms with Gasteiger partial charge in [-0.3, -0.25) is 0 Å². The predicted molar refractivity (Wildman–Crippen MR) is 84.1 cm³/mol. The number of aryl methyl sites for hydroxylation is 2. The molecule has 1 N–H and O–H groups in total. The highest BCUT2D eigenvalue weighted by molar-refractivity contribution is 7.89. The summed E-state index contributed by atoms with van der Waals surface area (Å²) in [5.74, 6) is 0. The number of sulfonamides is 1. The van der Waals surface area contributed by atoms with E-state index in [1.165, 1.54) is 0 Å². The molecular formula is C14H16ClNO2S2. The number of rotatable bonds is 5. The number of hydrogen-bond acceptors (Lipinski definition) is 3. The molecule has 108 valence electrons. The summed E-state index contributed by atoms with van der Waals surface area (Å²) in [7, 11) is -3.49. The first-order valence-corrected chi connectivity index (χ1v) is 8.93. The second kappa shape index (κ2) is 6.26. The van der Waals surface area contributed by atoms with Crippen LogP contribution < -0.4 is 4.72 Å². The zero-order chi connectivity index (χ0) is 14.8. The molecule has 20 heavy (non-hydrogen) atoms. The Balaban J connectivity index is 2.12. The molecule has 2 aromatic rings. The minimum atomic E-state index is -3.49. The summed E-state index contributed by atoms with van der Waals surface area (Å²) in [6, 6.07) is 7.26. The van der Waals surface area contributed by atoms with Crippen LogP contribution in [0.15, 0.2) is 34.5 Å². The summed E-state index contributed by atoms with van der Waals surface area (Å²) in [4.78, 5) is 1.46. The molecule has 0 amide bonds. The number of nitrogens with one attached hydrogen (secondary N) is 1. The summed E-state index contributed by atoms with van der Waals surface area (Å²) in [5.41, 5.74) is 1.42. The number of hydrogen-bond donors (Lipinski definition) is 1. The fraction of sp³-hybridized carbons (Fsp3) is 0.286. The van der Waals surface area contributed by atoms with Gasteiger partial charge in [-0.2, -0.15) is 0 Å². The molecule has 1 aromatic heterocycles. The molecular weight excluding hydrogens is 314 g/mol. The van der Waals surface area contributed by atoms with Crippen molar-refractivity contribution in [3.8, 4) is 0 Å². The van der Waals surface area contributed by atoms with Gasteiger partial charge in [-0.1, -0.05) is 17.7 Å². The highest BCUT2D eigenvalue weighted by Gasteiger charge is 2.17. The van der Waals surface area contributed by atoms with Crippen molar-refractivity contribution >= 4 is 33.0 Å². The molecule has 2 rings (SSSR count). The van der Waals surface area contributed by atoms with Crippen molar-refractivity contribution in [2.24, 2.45) is 0 Å². The zero-order valence-corrected chi connectivity index (χ0v) is 13.7. The minimum absolute atomic E-state index is 0.297. The van der Waals surface area contributed by atoms with E-state index in [1.807, 2.05) is 17.5 Å². The van der Waals surface area contributed by atoms with Gasteiger partial charge in [0.05, 0.1) is 4.90 Å². The van der Waals surface area contributed by atoms with E-state index >= 15 is 0 Å². The molecule has 6 heteroatoms. The Hall–Kier alpha value is -0.880. The lowest BCUT2D eigenvalue weighted by molar-refractivity contribution is 0.581. The minimum Gasteiger partial charge on any atom is -0.211 e. The van der Waals surface area contributed by atoms with Gasteiger partial charge in [0.25, 0.3) is 0 Å². The Labute approximate surface area is 128 Å². The molecule has 0 fully saturated rings. The molecule has 1 aromatic carbocycles. The lowest BCUT2D eigenvalue weighted by Crippen LogP contribution is -2.26. The van der Waals surface area contributed by atoms with Crippen molar-refractivity contribution < 1.29 is 8.42 Å². The van der Waals surface area contributed by atoms with Crippen LogP contribution in [0.5, 0.6) is 0 Å². The lowest BCUT2D eigenvalue weighted by atomic mass is 10.2. The highest BCUT2D eigenvalue weighted by Crippen LogP contribution is 2.23. The first-order valence-electron chi connectivity index (χ1n) is 6.19. The fourth-order valence-electron chi connectivity index (χ4n) is 1.89. The normalized spacial score (nSPS) is 11.8. The van der Waals surface area contributed by atoms with Gasteiger partial charge in [-0.25, -0.2) is 13.1 Å². The maximum atomic E-state index is 12.3. The van der Waals surface area contributed by atoms with Crippen molar-refractivity contribution in [3.05, 3.63) is 50.7 Å². The van der Waals surface area contributed by atoms with E-state index in [2.05, 4.69) is 4.72 Å². The lowest BCUT2D eigenvalue weighted by Gasteiger charge is -2.11. The van der Waals surface area contributed by atoms with Gasteiger partial charge in [0, 0.05) is 16.4 Å². The standard InChI is InChI=1S/C14H16ClNO2S2/c1-10-9-14(11(2)8-13(10)15)20(17,18)16-6-5-12-4-3-7-19-12/h3-4,7-9,16H,5-6H2,1-2H3. The molecule has 0 aliphatic heterocycles. The van der Waals surface area contributed by atoms with Crippen LogP contribution >= 0.6 is 22.9 Å². The van der Waals surface area contributed by atoms with Gasteiger partial charge in [-0.15, -0.1) is 11.3 Å². The van der Waals surface area contributed by atoms with Gasteiger partial charge in [0.1, 0.15) is 0 Å². The van der Waals surface area contributed by atoms with Gasteiger partial charge in [-0.05, 0) is 55.0 Å². The van der Waals surface area contributed by atoms with Crippen LogP contribution in [0.1, 0.15) is 16.0 Å². The third kappa shape index (κ3) is 3.61. The maximum absolute atomic E-state index is 12.3. The maximum Gasteiger partial charge on any atom is 0.240 e. The van der Waals surface area contributed by atoms with Crippen molar-refractivity contribution in [2.45, 2.75) is 25.2 Å². The Kier molecular flexibility index (Phi) is 4.86. The Morgan fingerprint density at radius 3 is 2.65 bits per heavy atom. The number of benzene rings is 1. The van der Waals surface area contributed by atoms with E-state index in [0.29, 0.717) is 28.4 Å². The zero-order valence-electron chi connectivity index (χ0n) is 11.3. The second-order valence-electron chi connectivity index (χ2n) is 4.59. The van der Waals surface area contributed by atoms with E-state index < -0.39 is 10.0 Å². The molecule has 0 atom stereocenters. The van der Waals surface area contributed by atoms with Gasteiger partial charge in [0.2, 0.25) is 10.0 Å². The van der Waals surface area contributed by atoms with Crippen LogP contribution in [0.25, 0.3) is 0 Å². The molecule has 0 spiro atoms. The summed E-state index contributed by atoms with van der Waals surface area (Å²) in [6.45, 7) is 3.94. The highest BCUT2D eigenvalue weighted by atomic mass is 35.5. The molecule has 3 nitrogen and oxygen atoms in total. The summed E-state index contributed by atoms with van der Waals surface area (Å²) >= 11 is 7.62. The quantitative estimate of drug-likeness (QED) is 0.912. The van der Waals surface area contributed by atoms with E-state index in [0.717, 1.165) is 10.4 Å². The molecule has 0 aliphatic carbocycles. The number of halogens is 1. The van der Waals surface area contributed by atoms with Gasteiger partial charge in [0.15, 0.2) is 0 Å². The van der Waals surface area contributed by atoms with Crippen molar-refractivity contribution in [1.29, 1.82) is 0 Å². The third-order valence-corrected chi connectivity index (χ3v) is 5.94. The molecule has 0 saturated carbocycles. The van der Waals surface area contributed by atoms with Crippen LogP contribution in [-0.4, -0.2) is 15.0 Å². The topological polar surface area (TPSA) is 46.2 Å². The number of thiophene rings is 1. The summed E-state index contributed by atoms with van der Waals surface area (Å²) in [5, 5.41) is 2.57. The van der Waals surface area contributed by atoms with E-state index in [9.17, 15) is 8.42 Å². The molecule has 0 unspecified atom stereocenters. The Bertz CT molecular complexity index is 694. The molecule has 0 bridgehead atoms. The van der Waals surface area contributed by atoms with Crippen LogP contribution in [0.2, 0.25) is 5.02 Å². The van der Waals surface area contributed by atoms with Crippen LogP contribution in [0, 0.1) is 13.8 Å². The largest absolute Gasteiger partial charge is 0.240 e. The SMILES string of the molecule is Cc1cc(S(=O)(=O)NCCc2cccs2)c(C)cc1Cl. The van der Waals surface area contributed by atoms with Crippen molar-refractivity contribution in [1.82, 2.24) is 4.72 Å². The average molecular weight is 330 g/mol. The fourth-order valence-corrected chi connectivity index (χ4v) is 4.15. The first kappa shape index (κ1) is 15.5. The summed E-state index contributed by atoms with van der Waals surface area (Å²) in [6.07, 6.45) is 0.697. The smallest absolute Gasteiger partial charge is 0.211 e. The van der Waals surface area contributed by atoms with Gasteiger partial charge < -0.3 is 0 Å².